The molecular weight excluding hydrogens is 282 g/mol. The molecule has 96 valence electrons. The van der Waals surface area contributed by atoms with Crippen molar-refractivity contribution >= 4 is 27.6 Å². The monoisotopic (exact) mass is 301 g/mol. The van der Waals surface area contributed by atoms with Gasteiger partial charge in [0.15, 0.2) is 0 Å². The molecule has 1 aromatic rings. The Balaban J connectivity index is 2.62. The number of anilines is 2. The van der Waals surface area contributed by atoms with Crippen molar-refractivity contribution in [2.24, 2.45) is 0 Å². The van der Waals surface area contributed by atoms with E-state index in [0.717, 1.165) is 29.1 Å². The summed E-state index contributed by atoms with van der Waals surface area (Å²) >= 11 is 3.49. The van der Waals surface area contributed by atoms with Crippen LogP contribution in [-0.2, 0) is 0 Å². The number of aromatic nitrogens is 2. The minimum Gasteiger partial charge on any atom is -0.372 e. The molecule has 5 nitrogen and oxygen atoms in total. The highest BCUT2D eigenvalue weighted by Crippen LogP contribution is 2.26. The molecule has 2 N–H and O–H groups in total. The molecule has 17 heavy (non-hydrogen) atoms. The van der Waals surface area contributed by atoms with Crippen LogP contribution in [0, 0.1) is 0 Å². The van der Waals surface area contributed by atoms with Gasteiger partial charge in [0.2, 0.25) is 0 Å². The first-order valence-electron chi connectivity index (χ1n) is 5.64. The van der Waals surface area contributed by atoms with Crippen molar-refractivity contribution in [2.75, 3.05) is 38.3 Å². The number of halogens is 1. The molecule has 0 aliphatic carbocycles. The van der Waals surface area contributed by atoms with E-state index in [-0.39, 0.29) is 0 Å². The molecule has 0 spiro atoms. The van der Waals surface area contributed by atoms with E-state index in [1.165, 1.54) is 0 Å². The summed E-state index contributed by atoms with van der Waals surface area (Å²) in [5, 5.41) is 6.39. The number of hydrogen-bond acceptors (Lipinski definition) is 5. The summed E-state index contributed by atoms with van der Waals surface area (Å²) in [6.45, 7) is 3.20. The van der Waals surface area contributed by atoms with E-state index in [2.05, 4.69) is 62.5 Å². The molecule has 1 unspecified atom stereocenters. The third kappa shape index (κ3) is 4.47. The predicted molar refractivity (Wildman–Crippen MR) is 75.5 cm³/mol. The van der Waals surface area contributed by atoms with Crippen LogP contribution in [-0.4, -0.2) is 48.6 Å². The van der Waals surface area contributed by atoms with E-state index in [1.807, 2.05) is 7.05 Å². The number of hydrogen-bond donors (Lipinski definition) is 2. The summed E-state index contributed by atoms with van der Waals surface area (Å²) < 4.78 is 0.874. The zero-order chi connectivity index (χ0) is 12.8. The molecule has 0 fully saturated rings. The Hall–Kier alpha value is -0.880. The standard InChI is InChI=1S/C11H20BrN5/c1-8(5-6-17(3)4)16-11-9(12)10(13-2)14-7-15-11/h7-8H,5-6H2,1-4H3,(H2,13,14,15,16). The van der Waals surface area contributed by atoms with Crippen LogP contribution in [0.25, 0.3) is 0 Å². The van der Waals surface area contributed by atoms with Crippen molar-refractivity contribution in [1.29, 1.82) is 0 Å². The fourth-order valence-corrected chi connectivity index (χ4v) is 1.92. The second-order valence-corrected chi connectivity index (χ2v) is 5.07. The molecule has 6 heteroatoms. The van der Waals surface area contributed by atoms with E-state index >= 15 is 0 Å². The average molecular weight is 302 g/mol. The van der Waals surface area contributed by atoms with Crippen molar-refractivity contribution in [3.05, 3.63) is 10.8 Å². The summed E-state index contributed by atoms with van der Waals surface area (Å²) in [6.07, 6.45) is 2.62. The van der Waals surface area contributed by atoms with E-state index in [0.29, 0.717) is 6.04 Å². The quantitative estimate of drug-likeness (QED) is 0.842. The Kier molecular flexibility index (Phi) is 5.64. The minimum atomic E-state index is 0.369. The first-order chi connectivity index (χ1) is 8.04. The van der Waals surface area contributed by atoms with Gasteiger partial charge in [0.1, 0.15) is 22.4 Å². The molecule has 1 heterocycles. The van der Waals surface area contributed by atoms with Crippen molar-refractivity contribution < 1.29 is 0 Å². The van der Waals surface area contributed by atoms with Crippen molar-refractivity contribution in [3.63, 3.8) is 0 Å². The summed E-state index contributed by atoms with van der Waals surface area (Å²) in [7, 11) is 5.99. The third-order valence-corrected chi connectivity index (χ3v) is 3.17. The summed E-state index contributed by atoms with van der Waals surface area (Å²) in [5.41, 5.74) is 0. The zero-order valence-corrected chi connectivity index (χ0v) is 12.4. The molecule has 0 amide bonds. The Morgan fingerprint density at radius 3 is 2.59 bits per heavy atom. The lowest BCUT2D eigenvalue weighted by molar-refractivity contribution is 0.390. The van der Waals surface area contributed by atoms with E-state index in [4.69, 9.17) is 0 Å². The van der Waals surface area contributed by atoms with Crippen LogP contribution < -0.4 is 10.6 Å². The van der Waals surface area contributed by atoms with Gasteiger partial charge in [0.25, 0.3) is 0 Å². The first kappa shape index (κ1) is 14.2. The number of rotatable bonds is 6. The van der Waals surface area contributed by atoms with Crippen molar-refractivity contribution in [3.8, 4) is 0 Å². The molecule has 1 atom stereocenters. The molecule has 0 aromatic carbocycles. The minimum absolute atomic E-state index is 0.369. The largest absolute Gasteiger partial charge is 0.372 e. The maximum atomic E-state index is 4.23. The van der Waals surface area contributed by atoms with Gasteiger partial charge in [-0.25, -0.2) is 9.97 Å². The van der Waals surface area contributed by atoms with Gasteiger partial charge in [-0.3, -0.25) is 0 Å². The van der Waals surface area contributed by atoms with E-state index in [1.54, 1.807) is 6.33 Å². The molecule has 0 radical (unpaired) electrons. The molecule has 0 saturated heterocycles. The van der Waals surface area contributed by atoms with Gasteiger partial charge in [-0.2, -0.15) is 0 Å². The maximum Gasteiger partial charge on any atom is 0.146 e. The Bertz CT molecular complexity index is 356. The van der Waals surface area contributed by atoms with Gasteiger partial charge < -0.3 is 15.5 Å². The molecule has 0 saturated carbocycles. The van der Waals surface area contributed by atoms with Gasteiger partial charge in [0.05, 0.1) is 0 Å². The summed E-state index contributed by atoms with van der Waals surface area (Å²) in [4.78, 5) is 10.5. The van der Waals surface area contributed by atoms with E-state index < -0.39 is 0 Å². The Morgan fingerprint density at radius 1 is 1.35 bits per heavy atom. The summed E-state index contributed by atoms with van der Waals surface area (Å²) in [6, 6.07) is 0.369. The molecule has 0 aliphatic heterocycles. The SMILES string of the molecule is CNc1ncnc(NC(C)CCN(C)C)c1Br. The van der Waals surface area contributed by atoms with E-state index in [9.17, 15) is 0 Å². The highest BCUT2D eigenvalue weighted by Gasteiger charge is 2.10. The van der Waals surface area contributed by atoms with Crippen LogP contribution in [0.3, 0.4) is 0 Å². The molecule has 0 bridgehead atoms. The highest BCUT2D eigenvalue weighted by molar-refractivity contribution is 9.10. The zero-order valence-electron chi connectivity index (χ0n) is 10.8. The van der Waals surface area contributed by atoms with Crippen molar-refractivity contribution in [2.45, 2.75) is 19.4 Å². The maximum absolute atomic E-state index is 4.23. The van der Waals surface area contributed by atoms with Crippen LogP contribution in [0.1, 0.15) is 13.3 Å². The topological polar surface area (TPSA) is 53.1 Å². The van der Waals surface area contributed by atoms with Crippen LogP contribution in [0.5, 0.6) is 0 Å². The molecule has 0 aliphatic rings. The number of nitrogens with zero attached hydrogens (tertiary/aromatic N) is 3. The Labute approximate surface area is 111 Å². The van der Waals surface area contributed by atoms with Gasteiger partial charge in [-0.15, -0.1) is 0 Å². The Morgan fingerprint density at radius 2 is 2.00 bits per heavy atom. The molecular formula is C11H20BrN5. The van der Waals surface area contributed by atoms with Gasteiger partial charge in [0, 0.05) is 13.1 Å². The first-order valence-corrected chi connectivity index (χ1v) is 6.43. The third-order valence-electron chi connectivity index (χ3n) is 2.42. The van der Waals surface area contributed by atoms with Gasteiger partial charge >= 0.3 is 0 Å². The van der Waals surface area contributed by atoms with Gasteiger partial charge in [-0.1, -0.05) is 0 Å². The smallest absolute Gasteiger partial charge is 0.146 e. The molecule has 1 aromatic heterocycles. The predicted octanol–water partition coefficient (Wildman–Crippen LogP) is 2.03. The molecule has 1 rings (SSSR count). The fraction of sp³-hybridized carbons (Fsp3) is 0.636. The second-order valence-electron chi connectivity index (χ2n) is 4.27. The van der Waals surface area contributed by atoms with Crippen LogP contribution in [0.15, 0.2) is 10.8 Å². The van der Waals surface area contributed by atoms with Crippen LogP contribution in [0.4, 0.5) is 11.6 Å². The fourth-order valence-electron chi connectivity index (χ4n) is 1.40. The lowest BCUT2D eigenvalue weighted by Gasteiger charge is -2.18. The number of nitrogens with one attached hydrogen (secondary N) is 2. The lowest BCUT2D eigenvalue weighted by Crippen LogP contribution is -2.23. The lowest BCUT2D eigenvalue weighted by atomic mass is 10.2. The van der Waals surface area contributed by atoms with Crippen LogP contribution in [0.2, 0.25) is 0 Å². The summed E-state index contributed by atoms with van der Waals surface area (Å²) in [5.74, 6) is 1.62. The van der Waals surface area contributed by atoms with Gasteiger partial charge in [-0.05, 0) is 49.9 Å². The van der Waals surface area contributed by atoms with Crippen molar-refractivity contribution in [1.82, 2.24) is 14.9 Å². The highest BCUT2D eigenvalue weighted by atomic mass is 79.9. The van der Waals surface area contributed by atoms with Crippen LogP contribution >= 0.6 is 15.9 Å². The normalized spacial score (nSPS) is 12.6. The second kappa shape index (κ2) is 6.76. The average Bonchev–Trinajstić information content (AvgIpc) is 2.29.